The number of Topliss-reactive ketones (excluding diaryl/α,β-unsaturated/α-hetero) is 1. The molecule has 1 fully saturated rings. The van der Waals surface area contributed by atoms with E-state index in [1.165, 1.54) is 6.20 Å². The molecule has 3 aromatic rings. The first-order chi connectivity index (χ1) is 18.2. The molecule has 1 saturated heterocycles. The number of likely N-dealkylation sites (tertiary alicyclic amines) is 1. The molecule has 2 aromatic carbocycles. The lowest BCUT2D eigenvalue weighted by Gasteiger charge is -2.35. The topological polar surface area (TPSA) is 114 Å². The third-order valence-electron chi connectivity index (χ3n) is 6.70. The zero-order valence-corrected chi connectivity index (χ0v) is 23.1. The average molecular weight is 577 g/mol. The normalized spacial score (nSPS) is 20.0. The van der Waals surface area contributed by atoms with Gasteiger partial charge in [0.2, 0.25) is 0 Å². The Morgan fingerprint density at radius 2 is 1.92 bits per heavy atom. The summed E-state index contributed by atoms with van der Waals surface area (Å²) in [4.78, 5) is 27.9. The number of benzene rings is 2. The number of rotatable bonds is 7. The van der Waals surface area contributed by atoms with Crippen LogP contribution in [0.2, 0.25) is 10.0 Å². The van der Waals surface area contributed by atoms with Crippen molar-refractivity contribution in [2.24, 2.45) is 0 Å². The number of carbonyl (C=O) groups is 2. The van der Waals surface area contributed by atoms with Crippen molar-refractivity contribution < 1.29 is 23.2 Å². The molecule has 38 heavy (non-hydrogen) atoms. The number of nitrogens with zero attached hydrogens (tertiary/aromatic N) is 2. The van der Waals surface area contributed by atoms with Gasteiger partial charge in [0.15, 0.2) is 5.78 Å². The van der Waals surface area contributed by atoms with Gasteiger partial charge in [-0.25, -0.2) is 4.57 Å². The predicted molar refractivity (Wildman–Crippen MR) is 144 cm³/mol. The fourth-order valence-corrected chi connectivity index (χ4v) is 7.10. The van der Waals surface area contributed by atoms with Crippen molar-refractivity contribution in [3.05, 3.63) is 80.6 Å². The summed E-state index contributed by atoms with van der Waals surface area (Å²) in [6.07, 6.45) is 2.91. The van der Waals surface area contributed by atoms with Crippen molar-refractivity contribution in [3.8, 4) is 5.75 Å². The Hall–Kier alpha value is -2.68. The first-order valence-corrected chi connectivity index (χ1v) is 14.7. The summed E-state index contributed by atoms with van der Waals surface area (Å²) >= 11 is 12.3. The highest BCUT2D eigenvalue weighted by Gasteiger charge is 2.35. The van der Waals surface area contributed by atoms with Crippen LogP contribution in [0.3, 0.4) is 0 Å². The highest BCUT2D eigenvalue weighted by atomic mass is 35.5. The van der Waals surface area contributed by atoms with E-state index in [4.69, 9.17) is 32.2 Å². The van der Waals surface area contributed by atoms with Crippen molar-refractivity contribution in [2.45, 2.75) is 38.8 Å². The van der Waals surface area contributed by atoms with Gasteiger partial charge in [0, 0.05) is 36.7 Å². The molecular formula is C26H27Cl2N4O5P. The lowest BCUT2D eigenvalue weighted by atomic mass is 10.0. The molecule has 0 bridgehead atoms. The summed E-state index contributed by atoms with van der Waals surface area (Å²) in [6, 6.07) is 10.5. The molecule has 2 aliphatic heterocycles. The van der Waals surface area contributed by atoms with Gasteiger partial charge in [0.05, 0.1) is 28.4 Å². The Kier molecular flexibility index (Phi) is 7.93. The Bertz CT molecular complexity index is 1400. The van der Waals surface area contributed by atoms with Gasteiger partial charge in [-0.1, -0.05) is 47.0 Å². The molecule has 5 rings (SSSR count). The van der Waals surface area contributed by atoms with Crippen LogP contribution in [0.15, 0.2) is 42.6 Å². The fraction of sp³-hybridized carbons (Fsp3) is 0.346. The van der Waals surface area contributed by atoms with Crippen molar-refractivity contribution in [1.82, 2.24) is 20.4 Å². The second kappa shape index (κ2) is 11.2. The maximum atomic E-state index is 13.2. The minimum atomic E-state index is -3.29. The van der Waals surface area contributed by atoms with Crippen LogP contribution in [0, 0.1) is 6.92 Å². The SMILES string of the molecule is Cc1ccc2c(c1)COP(=O)(CN1CCC(NC(=O)c3[nH]ncc3CC(=O)c3c(Cl)cccc3Cl)CC1)O2. The zero-order valence-electron chi connectivity index (χ0n) is 20.7. The monoisotopic (exact) mass is 576 g/mol. The molecule has 9 nitrogen and oxygen atoms in total. The minimum absolute atomic E-state index is 0.0703. The number of hydrogen-bond donors (Lipinski definition) is 2. The second-order valence-corrected chi connectivity index (χ2v) is 12.3. The lowest BCUT2D eigenvalue weighted by Crippen LogP contribution is -2.45. The van der Waals surface area contributed by atoms with Crippen LogP contribution >= 0.6 is 30.8 Å². The largest absolute Gasteiger partial charge is 0.423 e. The summed E-state index contributed by atoms with van der Waals surface area (Å²) in [7, 11) is -3.29. The maximum Gasteiger partial charge on any atom is 0.393 e. The molecule has 0 aliphatic carbocycles. The number of halogens is 2. The second-order valence-electron chi connectivity index (χ2n) is 9.56. The lowest BCUT2D eigenvalue weighted by molar-refractivity contribution is 0.0906. The van der Waals surface area contributed by atoms with E-state index >= 15 is 0 Å². The van der Waals surface area contributed by atoms with Crippen LogP contribution < -0.4 is 9.84 Å². The molecule has 0 saturated carbocycles. The third-order valence-corrected chi connectivity index (χ3v) is 9.08. The number of amides is 1. The molecule has 1 amide bonds. The van der Waals surface area contributed by atoms with Gasteiger partial charge in [0.1, 0.15) is 17.7 Å². The number of aromatic nitrogens is 2. The quantitative estimate of drug-likeness (QED) is 0.286. The van der Waals surface area contributed by atoms with Crippen LogP contribution in [0.1, 0.15) is 50.4 Å². The molecular weight excluding hydrogens is 550 g/mol. The van der Waals surface area contributed by atoms with Gasteiger partial charge in [-0.3, -0.25) is 24.1 Å². The first-order valence-electron chi connectivity index (χ1n) is 12.3. The van der Waals surface area contributed by atoms with E-state index in [0.717, 1.165) is 11.1 Å². The molecule has 12 heteroatoms. The van der Waals surface area contributed by atoms with E-state index in [-0.39, 0.29) is 58.3 Å². The molecule has 0 spiro atoms. The minimum Gasteiger partial charge on any atom is -0.423 e. The van der Waals surface area contributed by atoms with Crippen LogP contribution in [0.5, 0.6) is 5.75 Å². The molecule has 2 N–H and O–H groups in total. The summed E-state index contributed by atoms with van der Waals surface area (Å²) < 4.78 is 24.6. The number of hydrogen-bond acceptors (Lipinski definition) is 7. The molecule has 2 aliphatic rings. The van der Waals surface area contributed by atoms with Gasteiger partial charge in [-0.05, 0) is 38.0 Å². The smallest absolute Gasteiger partial charge is 0.393 e. The van der Waals surface area contributed by atoms with Crippen molar-refractivity contribution >= 4 is 42.5 Å². The third kappa shape index (κ3) is 5.98. The van der Waals surface area contributed by atoms with Crippen molar-refractivity contribution in [2.75, 3.05) is 19.4 Å². The standard InChI is InChI=1S/C26H27Cl2N4O5P/c1-16-5-6-23-18(11-16)14-36-38(35,37-23)15-32-9-7-19(8-10-32)30-26(34)25-17(13-29-31-25)12-22(33)24-20(27)3-2-4-21(24)28/h2-6,11,13,19H,7-10,12,14-15H2,1H3,(H,29,31)(H,30,34). The first kappa shape index (κ1) is 26.9. The van der Waals surface area contributed by atoms with Crippen molar-refractivity contribution in [1.29, 1.82) is 0 Å². The zero-order chi connectivity index (χ0) is 26.9. The maximum absolute atomic E-state index is 13.2. The summed E-state index contributed by atoms with van der Waals surface area (Å²) in [5.41, 5.74) is 2.90. The van der Waals surface area contributed by atoms with E-state index in [9.17, 15) is 14.2 Å². The molecule has 1 atom stereocenters. The molecule has 0 radical (unpaired) electrons. The highest BCUT2D eigenvalue weighted by Crippen LogP contribution is 2.54. The van der Waals surface area contributed by atoms with E-state index in [0.29, 0.717) is 37.2 Å². The number of aryl methyl sites for hydroxylation is 1. The van der Waals surface area contributed by atoms with Crippen LogP contribution in [0.4, 0.5) is 0 Å². The van der Waals surface area contributed by atoms with Crippen molar-refractivity contribution in [3.63, 3.8) is 0 Å². The van der Waals surface area contributed by atoms with Crippen LogP contribution in [-0.4, -0.2) is 52.2 Å². The predicted octanol–water partition coefficient (Wildman–Crippen LogP) is 5.40. The number of aromatic amines is 1. The molecule has 200 valence electrons. The van der Waals surface area contributed by atoms with Gasteiger partial charge in [-0.15, -0.1) is 0 Å². The Labute approximate surface area is 230 Å². The summed E-state index contributed by atoms with van der Waals surface area (Å²) in [5.74, 6) is -0.0326. The molecule has 1 aromatic heterocycles. The van der Waals surface area contributed by atoms with Gasteiger partial charge in [0.25, 0.3) is 5.91 Å². The van der Waals surface area contributed by atoms with E-state index in [1.807, 2.05) is 30.0 Å². The van der Waals surface area contributed by atoms with Gasteiger partial charge < -0.3 is 9.84 Å². The number of H-pyrrole nitrogens is 1. The Morgan fingerprint density at radius 1 is 1.18 bits per heavy atom. The number of carbonyl (C=O) groups excluding carboxylic acids is 2. The number of nitrogens with one attached hydrogen (secondary N) is 2. The summed E-state index contributed by atoms with van der Waals surface area (Å²) in [5, 5.41) is 10.2. The summed E-state index contributed by atoms with van der Waals surface area (Å²) in [6.45, 7) is 3.50. The van der Waals surface area contributed by atoms with Crippen LogP contribution in [0.25, 0.3) is 0 Å². The number of piperidine rings is 1. The van der Waals surface area contributed by atoms with Gasteiger partial charge >= 0.3 is 7.60 Å². The van der Waals surface area contributed by atoms with Gasteiger partial charge in [-0.2, -0.15) is 5.10 Å². The molecule has 1 unspecified atom stereocenters. The van der Waals surface area contributed by atoms with E-state index in [2.05, 4.69) is 15.5 Å². The van der Waals surface area contributed by atoms with Crippen LogP contribution in [-0.2, 0) is 22.1 Å². The van der Waals surface area contributed by atoms with E-state index in [1.54, 1.807) is 18.2 Å². The molecule has 3 heterocycles. The van der Waals surface area contributed by atoms with E-state index < -0.39 is 7.60 Å². The number of ketones is 1. The Morgan fingerprint density at radius 3 is 2.66 bits per heavy atom. The average Bonchev–Trinajstić information content (AvgIpc) is 3.33. The highest BCUT2D eigenvalue weighted by molar-refractivity contribution is 7.54. The number of fused-ring (bicyclic) bond motifs is 1. The fourth-order valence-electron chi connectivity index (χ4n) is 4.71. The Balaban J connectivity index is 1.14.